The molecule has 0 radical (unpaired) electrons. The molecule has 5 rings (SSSR count). The summed E-state index contributed by atoms with van der Waals surface area (Å²) in [4.78, 5) is 16.7. The van der Waals surface area contributed by atoms with E-state index in [0.29, 0.717) is 29.1 Å². The van der Waals surface area contributed by atoms with Gasteiger partial charge in [0.2, 0.25) is 5.91 Å². The lowest BCUT2D eigenvalue weighted by Crippen LogP contribution is -2.47. The number of nitrogens with one attached hydrogen (secondary N) is 1. The Bertz CT molecular complexity index is 938. The quantitative estimate of drug-likeness (QED) is 0.751. The van der Waals surface area contributed by atoms with Gasteiger partial charge < -0.3 is 11.1 Å². The minimum Gasteiger partial charge on any atom is -0.355 e. The highest BCUT2D eigenvalue weighted by molar-refractivity contribution is 5.79. The first-order chi connectivity index (χ1) is 14.3. The zero-order valence-electron chi connectivity index (χ0n) is 16.6. The average molecular weight is 421 g/mol. The van der Waals surface area contributed by atoms with Crippen molar-refractivity contribution in [3.05, 3.63) is 29.7 Å². The second-order valence-electron chi connectivity index (χ2n) is 9.19. The summed E-state index contributed by atoms with van der Waals surface area (Å²) in [6.07, 6.45) is 2.46. The van der Waals surface area contributed by atoms with Crippen molar-refractivity contribution in [1.82, 2.24) is 19.9 Å². The molecule has 3 heterocycles. The highest BCUT2D eigenvalue weighted by Gasteiger charge is 2.46. The third-order valence-corrected chi connectivity index (χ3v) is 6.86. The molecule has 2 aliphatic carbocycles. The van der Waals surface area contributed by atoms with Crippen molar-refractivity contribution in [3.63, 3.8) is 0 Å². The first-order valence-electron chi connectivity index (χ1n) is 10.7. The Balaban J connectivity index is 1.33. The van der Waals surface area contributed by atoms with Crippen LogP contribution < -0.4 is 11.1 Å². The molecular formula is C21H26F3N5O. The summed E-state index contributed by atoms with van der Waals surface area (Å²) in [5.74, 6) is -0.722. The van der Waals surface area contributed by atoms with E-state index in [4.69, 9.17) is 5.73 Å². The van der Waals surface area contributed by atoms with Gasteiger partial charge in [-0.05, 0) is 62.0 Å². The lowest BCUT2D eigenvalue weighted by atomic mass is 9.86. The number of carbonyl (C=O) groups excluding carboxylic acids is 1. The molecule has 9 heteroatoms. The third-order valence-electron chi connectivity index (χ3n) is 6.86. The molecule has 6 nitrogen and oxygen atoms in total. The molecule has 30 heavy (non-hydrogen) atoms. The van der Waals surface area contributed by atoms with E-state index in [-0.39, 0.29) is 31.3 Å². The van der Waals surface area contributed by atoms with Gasteiger partial charge in [0.25, 0.3) is 0 Å². The number of halogens is 3. The zero-order valence-corrected chi connectivity index (χ0v) is 16.6. The lowest BCUT2D eigenvalue weighted by Gasteiger charge is -2.30. The Morgan fingerprint density at radius 3 is 2.53 bits per heavy atom. The summed E-state index contributed by atoms with van der Waals surface area (Å²) in [5, 5.41) is 6.90. The van der Waals surface area contributed by atoms with Gasteiger partial charge in [-0.2, -0.15) is 18.3 Å². The van der Waals surface area contributed by atoms with Gasteiger partial charge in [-0.1, -0.05) is 0 Å². The van der Waals surface area contributed by atoms with E-state index in [2.05, 4.69) is 15.4 Å². The van der Waals surface area contributed by atoms with Crippen LogP contribution in [0.15, 0.2) is 18.3 Å². The molecule has 3 fully saturated rings. The molecule has 0 bridgehead atoms. The maximum Gasteiger partial charge on any atom is 0.393 e. The maximum atomic E-state index is 13.1. The molecule has 2 saturated carbocycles. The molecule has 1 amide bonds. The van der Waals surface area contributed by atoms with E-state index in [1.807, 2.05) is 6.20 Å². The normalized spacial score (nSPS) is 26.2. The van der Waals surface area contributed by atoms with Crippen LogP contribution in [0.5, 0.6) is 0 Å². The number of hydrogen-bond acceptors (Lipinski definition) is 4. The van der Waals surface area contributed by atoms with E-state index in [1.54, 1.807) is 16.6 Å². The Hall–Kier alpha value is -2.16. The van der Waals surface area contributed by atoms with Gasteiger partial charge in [-0.15, -0.1) is 0 Å². The summed E-state index contributed by atoms with van der Waals surface area (Å²) in [6, 6.07) is 3.41. The minimum atomic E-state index is -4.31. The van der Waals surface area contributed by atoms with Crippen LogP contribution in [0.25, 0.3) is 5.65 Å². The summed E-state index contributed by atoms with van der Waals surface area (Å²) < 4.78 is 40.8. The van der Waals surface area contributed by atoms with Gasteiger partial charge in [0.1, 0.15) is 0 Å². The van der Waals surface area contributed by atoms with Crippen molar-refractivity contribution >= 4 is 11.6 Å². The molecular weight excluding hydrogens is 395 g/mol. The highest BCUT2D eigenvalue weighted by Crippen LogP contribution is 2.53. The van der Waals surface area contributed by atoms with Crippen LogP contribution in [0, 0.1) is 29.6 Å². The summed E-state index contributed by atoms with van der Waals surface area (Å²) in [5.41, 5.74) is 8.64. The lowest BCUT2D eigenvalue weighted by molar-refractivity contribution is -0.183. The topological polar surface area (TPSA) is 85.3 Å². The second kappa shape index (κ2) is 7.21. The van der Waals surface area contributed by atoms with Crippen LogP contribution >= 0.6 is 0 Å². The van der Waals surface area contributed by atoms with E-state index in [1.165, 1.54) is 25.7 Å². The van der Waals surface area contributed by atoms with Crippen LogP contribution in [0.4, 0.5) is 13.2 Å². The molecule has 2 unspecified atom stereocenters. The summed E-state index contributed by atoms with van der Waals surface area (Å²) in [6.45, 7) is -0.350. The van der Waals surface area contributed by atoms with Crippen molar-refractivity contribution in [2.24, 2.45) is 35.3 Å². The van der Waals surface area contributed by atoms with E-state index in [9.17, 15) is 18.0 Å². The van der Waals surface area contributed by atoms with Crippen molar-refractivity contribution < 1.29 is 18.0 Å². The molecule has 3 atom stereocenters. The SMILES string of the molecule is NC(c1cn2nc(CC3C[C@@H](C(F)(F)F)CNC3=O)ccc2n1)C(C1CC1)C1CC1. The Kier molecular flexibility index (Phi) is 4.76. The Morgan fingerprint density at radius 2 is 1.90 bits per heavy atom. The third kappa shape index (κ3) is 3.91. The van der Waals surface area contributed by atoms with E-state index >= 15 is 0 Å². The van der Waals surface area contributed by atoms with Crippen LogP contribution in [-0.2, 0) is 11.2 Å². The number of rotatable bonds is 6. The number of imidazole rings is 1. The fraction of sp³-hybridized carbons (Fsp3) is 0.667. The van der Waals surface area contributed by atoms with Gasteiger partial charge >= 0.3 is 6.18 Å². The van der Waals surface area contributed by atoms with Crippen molar-refractivity contribution in [2.75, 3.05) is 6.54 Å². The Labute approximate surface area is 172 Å². The first-order valence-corrected chi connectivity index (χ1v) is 10.7. The average Bonchev–Trinajstić information content (AvgIpc) is 3.62. The van der Waals surface area contributed by atoms with Gasteiger partial charge in [0, 0.05) is 18.9 Å². The molecule has 3 N–H and O–H groups in total. The van der Waals surface area contributed by atoms with Crippen molar-refractivity contribution in [3.8, 4) is 0 Å². The second-order valence-corrected chi connectivity index (χ2v) is 9.19. The van der Waals surface area contributed by atoms with Crippen LogP contribution in [-0.4, -0.2) is 33.2 Å². The summed E-state index contributed by atoms with van der Waals surface area (Å²) in [7, 11) is 0. The molecule has 1 saturated heterocycles. The fourth-order valence-electron chi connectivity index (χ4n) is 4.92. The highest BCUT2D eigenvalue weighted by atomic mass is 19.4. The largest absolute Gasteiger partial charge is 0.393 e. The van der Waals surface area contributed by atoms with Gasteiger partial charge in [0.15, 0.2) is 5.65 Å². The van der Waals surface area contributed by atoms with Crippen LogP contribution in [0.3, 0.4) is 0 Å². The number of carbonyl (C=O) groups is 1. The number of hydrogen-bond donors (Lipinski definition) is 2. The predicted molar refractivity (Wildman–Crippen MR) is 103 cm³/mol. The monoisotopic (exact) mass is 421 g/mol. The van der Waals surface area contributed by atoms with Gasteiger partial charge in [0.05, 0.1) is 29.5 Å². The molecule has 0 spiro atoms. The predicted octanol–water partition coefficient (Wildman–Crippen LogP) is 3.02. The van der Waals surface area contributed by atoms with Crippen molar-refractivity contribution in [2.45, 2.75) is 50.7 Å². The van der Waals surface area contributed by atoms with Crippen molar-refractivity contribution in [1.29, 1.82) is 0 Å². The van der Waals surface area contributed by atoms with Crippen LogP contribution in [0.2, 0.25) is 0 Å². The van der Waals surface area contributed by atoms with E-state index < -0.39 is 18.0 Å². The zero-order chi connectivity index (χ0) is 21.0. The smallest absolute Gasteiger partial charge is 0.355 e. The maximum absolute atomic E-state index is 13.1. The number of nitrogens with two attached hydrogens (primary N) is 1. The molecule has 162 valence electrons. The first kappa shape index (κ1) is 19.8. The minimum absolute atomic E-state index is 0.119. The summed E-state index contributed by atoms with van der Waals surface area (Å²) >= 11 is 0. The standard InChI is InChI=1S/C21H26F3N5O/c22-21(23,24)14-7-13(20(30)26-9-14)8-15-5-6-17-27-16(10-29(17)28-15)19(25)18(11-1-2-11)12-3-4-12/h5-6,10-14,18-19H,1-4,7-9,25H2,(H,26,30)/t13?,14-,19?/m1/s1. The molecule has 0 aromatic carbocycles. The number of aromatic nitrogens is 3. The number of alkyl halides is 3. The molecule has 2 aromatic rings. The molecule has 2 aromatic heterocycles. The van der Waals surface area contributed by atoms with Gasteiger partial charge in [-0.25, -0.2) is 9.50 Å². The Morgan fingerprint density at radius 1 is 1.20 bits per heavy atom. The number of fused-ring (bicyclic) bond motifs is 1. The van der Waals surface area contributed by atoms with E-state index in [0.717, 1.165) is 5.69 Å². The number of amides is 1. The fourth-order valence-corrected chi connectivity index (χ4v) is 4.92. The molecule has 1 aliphatic heterocycles. The van der Waals surface area contributed by atoms with Crippen LogP contribution in [0.1, 0.15) is 49.5 Å². The van der Waals surface area contributed by atoms with Gasteiger partial charge in [-0.3, -0.25) is 4.79 Å². The number of nitrogens with zero attached hydrogens (tertiary/aromatic N) is 3. The molecule has 3 aliphatic rings. The number of piperidine rings is 1.